The quantitative estimate of drug-likeness (QED) is 0.230. The zero-order valence-corrected chi connectivity index (χ0v) is 19.4. The van der Waals surface area contributed by atoms with E-state index in [2.05, 4.69) is 20.3 Å². The maximum absolute atomic E-state index is 12.8. The highest BCUT2D eigenvalue weighted by atomic mass is 32.2. The van der Waals surface area contributed by atoms with E-state index >= 15 is 0 Å². The van der Waals surface area contributed by atoms with Gasteiger partial charge in [0.2, 0.25) is 10.0 Å². The molecule has 1 unspecified atom stereocenters. The van der Waals surface area contributed by atoms with Crippen LogP contribution in [0, 0.1) is 0 Å². The fraction of sp³-hybridized carbons (Fsp3) is 0.318. The summed E-state index contributed by atoms with van der Waals surface area (Å²) in [6.45, 7) is 3.49. The Balaban J connectivity index is 1.69. The number of rotatable bonds is 9. The van der Waals surface area contributed by atoms with Crippen molar-refractivity contribution in [3.05, 3.63) is 54.1 Å². The highest BCUT2D eigenvalue weighted by Crippen LogP contribution is 2.29. The van der Waals surface area contributed by atoms with Crippen molar-refractivity contribution in [2.75, 3.05) is 25.0 Å². The average molecular weight is 490 g/mol. The first-order valence-electron chi connectivity index (χ1n) is 10.7. The Morgan fingerprint density at radius 3 is 2.62 bits per heavy atom. The largest absolute Gasteiger partial charge is 0.492 e. The van der Waals surface area contributed by atoms with Crippen LogP contribution in [0.2, 0.25) is 0 Å². The van der Waals surface area contributed by atoms with Crippen LogP contribution < -0.4 is 25.8 Å². The standard InChI is InChI=1S/C22H27N5O6S/c1-2-32-17-11-6-10-16(20(17)26-22-24-12-7-13-25-22)21(29)33-19(28)14-18(23)27-34(30,31)15-8-4-3-5-9-15/h3-6,8-11,18,27H,2,7,12-14,23H2,1H3,(H2,24,25,26). The first-order chi connectivity index (χ1) is 16.3. The number of sulfonamides is 1. The molecular formula is C22H27N5O6S. The van der Waals surface area contributed by atoms with Gasteiger partial charge in [0.25, 0.3) is 0 Å². The molecule has 5 N–H and O–H groups in total. The van der Waals surface area contributed by atoms with Gasteiger partial charge in [-0.25, -0.2) is 13.2 Å². The lowest BCUT2D eigenvalue weighted by Gasteiger charge is -2.20. The molecule has 0 aliphatic carbocycles. The molecule has 0 amide bonds. The molecule has 0 fully saturated rings. The van der Waals surface area contributed by atoms with Crippen LogP contribution >= 0.6 is 0 Å². The van der Waals surface area contributed by atoms with Crippen molar-refractivity contribution >= 4 is 33.6 Å². The lowest BCUT2D eigenvalue weighted by molar-refractivity contribution is -0.138. The van der Waals surface area contributed by atoms with Crippen LogP contribution in [-0.4, -0.2) is 52.2 Å². The number of guanidine groups is 1. The van der Waals surface area contributed by atoms with Crippen molar-refractivity contribution in [2.45, 2.75) is 30.8 Å². The normalized spacial score (nSPS) is 14.4. The Kier molecular flexibility index (Phi) is 8.57. The number of carbonyl (C=O) groups excluding carboxylic acids is 2. The molecule has 11 nitrogen and oxygen atoms in total. The number of hydrogen-bond acceptors (Lipinski definition) is 10. The fourth-order valence-electron chi connectivity index (χ4n) is 3.13. The van der Waals surface area contributed by atoms with E-state index in [0.29, 0.717) is 30.5 Å². The molecule has 2 aromatic rings. The van der Waals surface area contributed by atoms with Crippen LogP contribution in [0.5, 0.6) is 5.75 Å². The molecule has 0 saturated heterocycles. The Bertz CT molecular complexity index is 1150. The number of esters is 2. The highest BCUT2D eigenvalue weighted by Gasteiger charge is 2.24. The number of anilines is 1. The first kappa shape index (κ1) is 25.1. The van der Waals surface area contributed by atoms with E-state index in [-0.39, 0.29) is 10.5 Å². The van der Waals surface area contributed by atoms with Crippen molar-refractivity contribution < 1.29 is 27.5 Å². The van der Waals surface area contributed by atoms with Crippen molar-refractivity contribution in [2.24, 2.45) is 10.7 Å². The molecule has 2 aromatic carbocycles. The van der Waals surface area contributed by atoms with E-state index in [1.54, 1.807) is 37.3 Å². The number of nitrogens with zero attached hydrogens (tertiary/aromatic N) is 1. The molecule has 0 spiro atoms. The molecule has 1 aliphatic rings. The second-order valence-electron chi connectivity index (χ2n) is 7.25. The number of ether oxygens (including phenoxy) is 2. The van der Waals surface area contributed by atoms with Gasteiger partial charge in [0.1, 0.15) is 5.75 Å². The highest BCUT2D eigenvalue weighted by molar-refractivity contribution is 7.89. The Morgan fingerprint density at radius 2 is 1.94 bits per heavy atom. The van der Waals surface area contributed by atoms with Crippen LogP contribution in [-0.2, 0) is 19.6 Å². The Hall–Kier alpha value is -3.48. The van der Waals surface area contributed by atoms with Crippen LogP contribution in [0.25, 0.3) is 0 Å². The number of nitrogens with one attached hydrogen (secondary N) is 3. The number of nitrogens with two attached hydrogens (primary N) is 1. The van der Waals surface area contributed by atoms with Gasteiger partial charge >= 0.3 is 11.9 Å². The fourth-order valence-corrected chi connectivity index (χ4v) is 4.26. The van der Waals surface area contributed by atoms with Crippen LogP contribution in [0.1, 0.15) is 30.1 Å². The molecule has 1 atom stereocenters. The maximum Gasteiger partial charge on any atom is 0.348 e. The SMILES string of the molecule is CCOc1cccc(C(=O)OC(=O)CC(N)NS(=O)(=O)c2ccccc2)c1NC1=NCCCN1. The average Bonchev–Trinajstić information content (AvgIpc) is 2.81. The van der Waals surface area contributed by atoms with Gasteiger partial charge in [0, 0.05) is 13.1 Å². The molecule has 12 heteroatoms. The summed E-state index contributed by atoms with van der Waals surface area (Å²) in [6.07, 6.45) is -0.964. The monoisotopic (exact) mass is 489 g/mol. The molecule has 0 radical (unpaired) electrons. The third-order valence-electron chi connectivity index (χ3n) is 4.64. The lowest BCUT2D eigenvalue weighted by Crippen LogP contribution is -2.43. The zero-order valence-electron chi connectivity index (χ0n) is 18.6. The minimum absolute atomic E-state index is 0.00224. The van der Waals surface area contributed by atoms with E-state index in [9.17, 15) is 18.0 Å². The molecule has 0 saturated carbocycles. The van der Waals surface area contributed by atoms with Crippen LogP contribution in [0.3, 0.4) is 0 Å². The Morgan fingerprint density at radius 1 is 1.18 bits per heavy atom. The van der Waals surface area contributed by atoms with E-state index in [1.807, 2.05) is 0 Å². The van der Waals surface area contributed by atoms with Gasteiger partial charge in [-0.3, -0.25) is 9.79 Å². The number of hydrogen-bond donors (Lipinski definition) is 4. The number of aliphatic imine (C=N–C) groups is 1. The van der Waals surface area contributed by atoms with Crippen molar-refractivity contribution in [3.8, 4) is 5.75 Å². The van der Waals surface area contributed by atoms with E-state index in [1.165, 1.54) is 18.2 Å². The smallest absolute Gasteiger partial charge is 0.348 e. The molecule has 1 aliphatic heterocycles. The summed E-state index contributed by atoms with van der Waals surface area (Å²) >= 11 is 0. The summed E-state index contributed by atoms with van der Waals surface area (Å²) < 4.78 is 37.4. The third-order valence-corrected chi connectivity index (χ3v) is 6.15. The third kappa shape index (κ3) is 6.76. The van der Waals surface area contributed by atoms with Gasteiger partial charge in [-0.15, -0.1) is 0 Å². The maximum atomic E-state index is 12.8. The molecule has 0 aromatic heterocycles. The summed E-state index contributed by atoms with van der Waals surface area (Å²) in [5.74, 6) is -1.08. The number of benzene rings is 2. The van der Waals surface area contributed by atoms with Gasteiger partial charge in [0.15, 0.2) is 5.96 Å². The molecule has 34 heavy (non-hydrogen) atoms. The number of carbonyl (C=O) groups is 2. The second-order valence-corrected chi connectivity index (χ2v) is 8.97. The summed E-state index contributed by atoms with van der Waals surface area (Å²) in [7, 11) is -3.94. The predicted molar refractivity (Wildman–Crippen MR) is 126 cm³/mol. The van der Waals surface area contributed by atoms with Gasteiger partial charge in [-0.1, -0.05) is 24.3 Å². The summed E-state index contributed by atoms with van der Waals surface area (Å²) in [6, 6.07) is 12.3. The molecule has 1 heterocycles. The minimum Gasteiger partial charge on any atom is -0.492 e. The first-order valence-corrected chi connectivity index (χ1v) is 12.2. The van der Waals surface area contributed by atoms with Gasteiger partial charge in [-0.05, 0) is 37.6 Å². The van der Waals surface area contributed by atoms with Crippen LogP contribution in [0.4, 0.5) is 5.69 Å². The van der Waals surface area contributed by atoms with Crippen molar-refractivity contribution in [3.63, 3.8) is 0 Å². The van der Waals surface area contributed by atoms with Gasteiger partial charge in [0.05, 0.1) is 35.3 Å². The summed E-state index contributed by atoms with van der Waals surface area (Å²) in [5, 5.41) is 6.12. The van der Waals surface area contributed by atoms with Gasteiger partial charge < -0.3 is 25.8 Å². The second kappa shape index (κ2) is 11.6. The molecule has 0 bridgehead atoms. The summed E-state index contributed by atoms with van der Waals surface area (Å²) in [4.78, 5) is 29.4. The van der Waals surface area contributed by atoms with E-state index in [4.69, 9.17) is 15.2 Å². The Labute approximate surface area is 197 Å². The predicted octanol–water partition coefficient (Wildman–Crippen LogP) is 1.18. The summed E-state index contributed by atoms with van der Waals surface area (Å²) in [5.41, 5.74) is 6.12. The topological polar surface area (TPSA) is 161 Å². The van der Waals surface area contributed by atoms with Crippen molar-refractivity contribution in [1.82, 2.24) is 10.0 Å². The molecule has 182 valence electrons. The molecule has 3 rings (SSSR count). The van der Waals surface area contributed by atoms with E-state index < -0.39 is 34.5 Å². The zero-order chi connectivity index (χ0) is 24.6. The molecular weight excluding hydrogens is 462 g/mol. The van der Waals surface area contributed by atoms with Crippen LogP contribution in [0.15, 0.2) is 58.4 Å². The number of para-hydroxylation sites is 1. The van der Waals surface area contributed by atoms with Crippen molar-refractivity contribution in [1.29, 1.82) is 0 Å². The van der Waals surface area contributed by atoms with Gasteiger partial charge in [-0.2, -0.15) is 4.72 Å². The lowest BCUT2D eigenvalue weighted by atomic mass is 10.1. The minimum atomic E-state index is -3.94. The van der Waals surface area contributed by atoms with E-state index in [0.717, 1.165) is 13.0 Å².